The first-order valence-electron chi connectivity index (χ1n) is 9.49. The average Bonchev–Trinajstić information content (AvgIpc) is 2.71. The van der Waals surface area contributed by atoms with E-state index in [9.17, 15) is 28.0 Å². The summed E-state index contributed by atoms with van der Waals surface area (Å²) in [7, 11) is 0. The number of amides is 1. The number of primary amides is 1. The highest BCUT2D eigenvalue weighted by atomic mass is 32.2. The molecular formula is C22H19F3N4O2S. The molecule has 0 radical (unpaired) electrons. The van der Waals surface area contributed by atoms with Gasteiger partial charge in [0.05, 0.1) is 28.6 Å². The lowest BCUT2D eigenvalue weighted by Gasteiger charge is -2.25. The highest BCUT2D eigenvalue weighted by Gasteiger charge is 2.32. The summed E-state index contributed by atoms with van der Waals surface area (Å²) in [5, 5.41) is 9.28. The van der Waals surface area contributed by atoms with Crippen molar-refractivity contribution in [1.82, 2.24) is 9.55 Å². The highest BCUT2D eigenvalue weighted by Crippen LogP contribution is 2.40. The number of nitriles is 1. The van der Waals surface area contributed by atoms with Crippen molar-refractivity contribution < 1.29 is 18.0 Å². The van der Waals surface area contributed by atoms with Gasteiger partial charge in [0.25, 0.3) is 5.91 Å². The minimum atomic E-state index is -4.60. The van der Waals surface area contributed by atoms with Crippen LogP contribution in [0.2, 0.25) is 0 Å². The zero-order chi connectivity index (χ0) is 23.8. The number of carbonyl (C=O) groups is 1. The molecule has 2 aromatic rings. The Balaban J connectivity index is 2.34. The summed E-state index contributed by atoms with van der Waals surface area (Å²) in [4.78, 5) is 30.2. The fraction of sp³-hybridized carbons (Fsp3) is 0.273. The highest BCUT2D eigenvalue weighted by molar-refractivity contribution is 8.02. The smallest absolute Gasteiger partial charge is 0.365 e. The van der Waals surface area contributed by atoms with Crippen LogP contribution in [0.3, 0.4) is 0 Å². The Bertz CT molecular complexity index is 1270. The van der Waals surface area contributed by atoms with Crippen molar-refractivity contribution in [2.75, 3.05) is 6.26 Å². The van der Waals surface area contributed by atoms with Crippen molar-refractivity contribution in [2.45, 2.75) is 26.4 Å². The van der Waals surface area contributed by atoms with Crippen LogP contribution >= 0.6 is 11.8 Å². The maximum Gasteiger partial charge on any atom is 0.416 e. The van der Waals surface area contributed by atoms with Crippen LogP contribution in [0.4, 0.5) is 13.2 Å². The maximum atomic E-state index is 13.2. The van der Waals surface area contributed by atoms with Crippen molar-refractivity contribution in [3.63, 3.8) is 0 Å². The number of alkyl halides is 3. The molecule has 0 spiro atoms. The van der Waals surface area contributed by atoms with Gasteiger partial charge in [-0.15, -0.1) is 11.8 Å². The van der Waals surface area contributed by atoms with E-state index >= 15 is 0 Å². The molecule has 2 N–H and O–H groups in total. The molecule has 1 aromatic carbocycles. The molecule has 0 saturated heterocycles. The van der Waals surface area contributed by atoms with E-state index in [1.165, 1.54) is 30.8 Å². The van der Waals surface area contributed by atoms with Gasteiger partial charge in [-0.2, -0.15) is 23.4 Å². The molecule has 1 unspecified atom stereocenters. The standard InChI is InChI=1S/C22H19F3N4O2S/c1-11-7-13(10-26)8-16(32-3)17(11)19-18(20(27)30)12(2)29(21(31)28-19)15-6-4-5-14(9-15)22(23,24)25/h4-6,8-9,11H,7H2,1-3H3,(H2,27,30). The molecule has 1 aliphatic carbocycles. The third-order valence-corrected chi connectivity index (χ3v) is 6.00. The van der Waals surface area contributed by atoms with Crippen molar-refractivity contribution in [2.24, 2.45) is 11.7 Å². The molecule has 1 heterocycles. The topological polar surface area (TPSA) is 102 Å². The number of hydrogen-bond donors (Lipinski definition) is 1. The predicted octanol–water partition coefficient (Wildman–Crippen LogP) is 4.22. The van der Waals surface area contributed by atoms with Gasteiger partial charge >= 0.3 is 11.9 Å². The van der Waals surface area contributed by atoms with E-state index in [1.807, 2.05) is 6.92 Å². The van der Waals surface area contributed by atoms with Gasteiger partial charge in [-0.1, -0.05) is 13.0 Å². The number of nitrogens with two attached hydrogens (primary N) is 1. The van der Waals surface area contributed by atoms with Gasteiger partial charge in [0.2, 0.25) is 0 Å². The van der Waals surface area contributed by atoms with Crippen molar-refractivity contribution >= 4 is 23.2 Å². The molecule has 0 bridgehead atoms. The molecule has 166 valence electrons. The maximum absolute atomic E-state index is 13.2. The molecule has 3 rings (SSSR count). The fourth-order valence-electron chi connectivity index (χ4n) is 3.81. The molecule has 1 atom stereocenters. The minimum Gasteiger partial charge on any atom is -0.365 e. The summed E-state index contributed by atoms with van der Waals surface area (Å²) in [5.74, 6) is -1.09. The Labute approximate surface area is 186 Å². The average molecular weight is 460 g/mol. The van der Waals surface area contributed by atoms with Gasteiger partial charge in [0.15, 0.2) is 0 Å². The van der Waals surface area contributed by atoms with E-state index in [0.29, 0.717) is 22.5 Å². The molecular weight excluding hydrogens is 441 g/mol. The molecule has 32 heavy (non-hydrogen) atoms. The SMILES string of the molecule is CSC1=C(c2nc(=O)n(-c3cccc(C(F)(F)F)c3)c(C)c2C(N)=O)C(C)CC(C#N)=C1. The Morgan fingerprint density at radius 1 is 1.38 bits per heavy atom. The molecule has 0 fully saturated rings. The second-order valence-corrected chi connectivity index (χ2v) is 8.17. The summed E-state index contributed by atoms with van der Waals surface area (Å²) in [6.45, 7) is 3.28. The lowest BCUT2D eigenvalue weighted by Crippen LogP contribution is -2.31. The lowest BCUT2D eigenvalue weighted by atomic mass is 9.85. The number of rotatable bonds is 4. The van der Waals surface area contributed by atoms with Crippen LogP contribution < -0.4 is 11.4 Å². The first-order chi connectivity index (χ1) is 15.0. The molecule has 1 aliphatic rings. The Morgan fingerprint density at radius 2 is 2.06 bits per heavy atom. The largest absolute Gasteiger partial charge is 0.416 e. The summed E-state index contributed by atoms with van der Waals surface area (Å²) in [6, 6.07) is 6.33. The predicted molar refractivity (Wildman–Crippen MR) is 116 cm³/mol. The molecule has 10 heteroatoms. The molecule has 1 aromatic heterocycles. The Hall–Kier alpha value is -3.32. The molecule has 1 amide bonds. The number of carbonyl (C=O) groups excluding carboxylic acids is 1. The summed E-state index contributed by atoms with van der Waals surface area (Å²) in [5.41, 5.74) is 5.06. The zero-order valence-corrected chi connectivity index (χ0v) is 18.3. The number of hydrogen-bond acceptors (Lipinski definition) is 5. The van der Waals surface area contributed by atoms with Gasteiger partial charge in [-0.05, 0) is 55.4 Å². The van der Waals surface area contributed by atoms with Gasteiger partial charge in [0.1, 0.15) is 0 Å². The zero-order valence-electron chi connectivity index (χ0n) is 17.4. The summed E-state index contributed by atoms with van der Waals surface area (Å²) in [6.07, 6.45) is -0.737. The van der Waals surface area contributed by atoms with Crippen LogP contribution in [0.25, 0.3) is 11.3 Å². The van der Waals surface area contributed by atoms with Crippen molar-refractivity contribution in [3.8, 4) is 11.8 Å². The first kappa shape index (κ1) is 23.3. The lowest BCUT2D eigenvalue weighted by molar-refractivity contribution is -0.137. The van der Waals surface area contributed by atoms with Crippen LogP contribution in [0.15, 0.2) is 45.6 Å². The summed E-state index contributed by atoms with van der Waals surface area (Å²) >= 11 is 1.34. The Morgan fingerprint density at radius 3 is 2.62 bits per heavy atom. The molecule has 0 aliphatic heterocycles. The van der Waals surface area contributed by atoms with E-state index in [0.717, 1.165) is 16.7 Å². The third-order valence-electron chi connectivity index (χ3n) is 5.22. The van der Waals surface area contributed by atoms with Crippen LogP contribution in [0.1, 0.15) is 40.7 Å². The Kier molecular flexibility index (Phi) is 6.32. The third kappa shape index (κ3) is 4.21. The van der Waals surface area contributed by atoms with Crippen LogP contribution in [-0.2, 0) is 6.18 Å². The van der Waals surface area contributed by atoms with Crippen molar-refractivity contribution in [3.05, 3.63) is 73.8 Å². The second-order valence-electron chi connectivity index (χ2n) is 7.32. The second kappa shape index (κ2) is 8.67. The minimum absolute atomic E-state index is 0.0516. The normalized spacial score (nSPS) is 16.5. The van der Waals surface area contributed by atoms with Crippen LogP contribution in [0.5, 0.6) is 0 Å². The summed E-state index contributed by atoms with van der Waals surface area (Å²) < 4.78 is 40.5. The number of allylic oxidation sites excluding steroid dienone is 3. The first-order valence-corrected chi connectivity index (χ1v) is 10.7. The number of benzene rings is 1. The van der Waals surface area contributed by atoms with E-state index in [1.54, 1.807) is 12.3 Å². The quantitative estimate of drug-likeness (QED) is 0.736. The van der Waals surface area contributed by atoms with E-state index in [-0.39, 0.29) is 28.6 Å². The fourth-order valence-corrected chi connectivity index (χ4v) is 4.59. The number of halogens is 3. The van der Waals surface area contributed by atoms with E-state index in [4.69, 9.17) is 5.73 Å². The number of aromatic nitrogens is 2. The monoisotopic (exact) mass is 460 g/mol. The molecule has 6 nitrogen and oxygen atoms in total. The van der Waals surface area contributed by atoms with Crippen molar-refractivity contribution in [1.29, 1.82) is 5.26 Å². The van der Waals surface area contributed by atoms with Gasteiger partial charge in [0, 0.05) is 16.2 Å². The van der Waals surface area contributed by atoms with Crippen LogP contribution in [0, 0.1) is 24.2 Å². The van der Waals surface area contributed by atoms with Gasteiger partial charge in [-0.3, -0.25) is 9.36 Å². The van der Waals surface area contributed by atoms with Gasteiger partial charge in [-0.25, -0.2) is 4.79 Å². The number of nitrogens with zero attached hydrogens (tertiary/aromatic N) is 3. The van der Waals surface area contributed by atoms with Gasteiger partial charge < -0.3 is 5.73 Å². The van der Waals surface area contributed by atoms with Crippen LogP contribution in [-0.4, -0.2) is 21.7 Å². The van der Waals surface area contributed by atoms with E-state index in [2.05, 4.69) is 11.1 Å². The number of thioether (sulfide) groups is 1. The van der Waals surface area contributed by atoms with E-state index < -0.39 is 23.3 Å². The molecule has 0 saturated carbocycles.